The van der Waals surface area contributed by atoms with Gasteiger partial charge in [0.25, 0.3) is 11.5 Å². The molecule has 0 amide bonds. The lowest BCUT2D eigenvalue weighted by Gasteiger charge is -1.97. The van der Waals surface area contributed by atoms with Crippen molar-refractivity contribution < 1.29 is 14.5 Å². The molecule has 1 aromatic heterocycles. The maximum absolute atomic E-state index is 10.8. The van der Waals surface area contributed by atoms with Gasteiger partial charge in [-0.05, 0) is 6.92 Å². The van der Waals surface area contributed by atoms with Crippen molar-refractivity contribution in [3.63, 3.8) is 0 Å². The molecule has 72 valence electrons. The molecule has 0 saturated carbocycles. The largest absolute Gasteiger partial charge is 0.475 e. The Balaban J connectivity index is 3.29. The van der Waals surface area contributed by atoms with Crippen LogP contribution in [0.4, 0.5) is 0 Å². The molecule has 0 aromatic carbocycles. The number of carboxylic acids is 1. The fourth-order valence-electron chi connectivity index (χ4n) is 1.62. The zero-order valence-corrected chi connectivity index (χ0v) is 8.24. The molecule has 13 heavy (non-hydrogen) atoms. The molecule has 0 unspecified atom stereocenters. The van der Waals surface area contributed by atoms with Gasteiger partial charge < -0.3 is 5.11 Å². The number of imidazole rings is 1. The molecule has 0 aliphatic heterocycles. The number of aromatic nitrogens is 2. The quantitative estimate of drug-likeness (QED) is 0.697. The van der Waals surface area contributed by atoms with Crippen LogP contribution >= 0.6 is 0 Å². The Morgan fingerprint density at radius 3 is 2.62 bits per heavy atom. The Morgan fingerprint density at radius 1 is 1.62 bits per heavy atom. The predicted octanol–water partition coefficient (Wildman–Crippen LogP) is 0.593. The first-order chi connectivity index (χ1) is 6.11. The normalized spacial score (nSPS) is 10.4. The van der Waals surface area contributed by atoms with E-state index >= 15 is 0 Å². The topological polar surface area (TPSA) is 46.1 Å². The smallest absolute Gasteiger partial charge is 0.379 e. The molecule has 0 aliphatic rings. The number of carbonyl (C=O) groups is 1. The standard InChI is InChI=1S/C9H14N2O2/c1-4-8-10(3)6-7(9(12)13)11(8)5-2/h6H,4-5H2,1-3H3/p+1. The highest BCUT2D eigenvalue weighted by molar-refractivity contribution is 5.85. The molecule has 4 nitrogen and oxygen atoms in total. The van der Waals surface area contributed by atoms with Crippen molar-refractivity contribution in [1.29, 1.82) is 0 Å². The van der Waals surface area contributed by atoms with Crippen LogP contribution in [0.5, 0.6) is 0 Å². The molecule has 0 spiro atoms. The monoisotopic (exact) mass is 183 g/mol. The fraction of sp³-hybridized carbons (Fsp3) is 0.556. The van der Waals surface area contributed by atoms with Gasteiger partial charge in [-0.25, -0.2) is 13.9 Å². The maximum atomic E-state index is 10.8. The summed E-state index contributed by atoms with van der Waals surface area (Å²) in [6.07, 6.45) is 2.50. The summed E-state index contributed by atoms with van der Waals surface area (Å²) in [5, 5.41) is 8.90. The van der Waals surface area contributed by atoms with Crippen molar-refractivity contribution in [3.8, 4) is 0 Å². The third kappa shape index (κ3) is 1.56. The summed E-state index contributed by atoms with van der Waals surface area (Å²) in [6.45, 7) is 4.67. The van der Waals surface area contributed by atoms with E-state index in [1.165, 1.54) is 0 Å². The van der Waals surface area contributed by atoms with E-state index in [0.29, 0.717) is 12.2 Å². The van der Waals surface area contributed by atoms with Crippen molar-refractivity contribution in [2.24, 2.45) is 7.05 Å². The second-order valence-electron chi connectivity index (χ2n) is 2.94. The van der Waals surface area contributed by atoms with Crippen LogP contribution in [-0.4, -0.2) is 15.6 Å². The zero-order chi connectivity index (χ0) is 10.0. The highest BCUT2D eigenvalue weighted by Crippen LogP contribution is 2.03. The molecule has 1 aromatic rings. The number of hydrogen-bond donors (Lipinski definition) is 1. The van der Waals surface area contributed by atoms with Crippen molar-refractivity contribution >= 4 is 5.97 Å². The van der Waals surface area contributed by atoms with Gasteiger partial charge in [0, 0.05) is 6.42 Å². The van der Waals surface area contributed by atoms with Gasteiger partial charge in [0.2, 0.25) is 0 Å². The number of aryl methyl sites for hydroxylation is 1. The van der Waals surface area contributed by atoms with Gasteiger partial charge in [0.15, 0.2) is 0 Å². The highest BCUT2D eigenvalue weighted by Gasteiger charge is 2.23. The Bertz CT molecular complexity index is 329. The van der Waals surface area contributed by atoms with Gasteiger partial charge in [-0.1, -0.05) is 6.92 Å². The SMILES string of the molecule is CCc1n(CC)c(C(=O)O)c[n+]1C. The fourth-order valence-corrected chi connectivity index (χ4v) is 1.62. The van der Waals surface area contributed by atoms with Gasteiger partial charge >= 0.3 is 5.97 Å². The summed E-state index contributed by atoms with van der Waals surface area (Å²) < 4.78 is 3.69. The number of nitrogens with zero attached hydrogens (tertiary/aromatic N) is 2. The Kier molecular flexibility index (Phi) is 2.70. The van der Waals surface area contributed by atoms with Crippen LogP contribution in [0.1, 0.15) is 30.2 Å². The lowest BCUT2D eigenvalue weighted by molar-refractivity contribution is -0.678. The minimum absolute atomic E-state index is 0.363. The van der Waals surface area contributed by atoms with E-state index in [0.717, 1.165) is 12.2 Å². The molecule has 4 heteroatoms. The third-order valence-corrected chi connectivity index (χ3v) is 2.18. The molecular weight excluding hydrogens is 168 g/mol. The van der Waals surface area contributed by atoms with Gasteiger partial charge in [-0.15, -0.1) is 0 Å². The van der Waals surface area contributed by atoms with Crippen molar-refractivity contribution in [1.82, 2.24) is 4.57 Å². The summed E-state index contributed by atoms with van der Waals surface area (Å²) in [4.78, 5) is 10.8. The Morgan fingerprint density at radius 2 is 2.23 bits per heavy atom. The molecule has 0 bridgehead atoms. The summed E-state index contributed by atoms with van der Waals surface area (Å²) in [7, 11) is 1.87. The van der Waals surface area contributed by atoms with Crippen LogP contribution in [-0.2, 0) is 20.0 Å². The van der Waals surface area contributed by atoms with Crippen LogP contribution in [0, 0.1) is 0 Å². The van der Waals surface area contributed by atoms with Crippen LogP contribution in [0.25, 0.3) is 0 Å². The summed E-state index contributed by atoms with van der Waals surface area (Å²) >= 11 is 0. The maximum Gasteiger partial charge on any atom is 0.379 e. The first-order valence-electron chi connectivity index (χ1n) is 4.43. The number of hydrogen-bond acceptors (Lipinski definition) is 1. The Labute approximate surface area is 77.4 Å². The van der Waals surface area contributed by atoms with Gasteiger partial charge in [-0.3, -0.25) is 0 Å². The van der Waals surface area contributed by atoms with E-state index in [-0.39, 0.29) is 0 Å². The first kappa shape index (κ1) is 9.77. The van der Waals surface area contributed by atoms with Crippen molar-refractivity contribution in [2.75, 3.05) is 0 Å². The van der Waals surface area contributed by atoms with Crippen LogP contribution in [0.3, 0.4) is 0 Å². The van der Waals surface area contributed by atoms with E-state index in [9.17, 15) is 4.79 Å². The van der Waals surface area contributed by atoms with Crippen LogP contribution in [0.15, 0.2) is 6.20 Å². The molecule has 1 rings (SSSR count). The summed E-state index contributed by atoms with van der Waals surface area (Å²) in [5.41, 5.74) is 0.363. The molecule has 0 fully saturated rings. The third-order valence-electron chi connectivity index (χ3n) is 2.18. The van der Waals surface area contributed by atoms with E-state index in [2.05, 4.69) is 0 Å². The average Bonchev–Trinajstić information content (AvgIpc) is 2.41. The second-order valence-corrected chi connectivity index (χ2v) is 2.94. The van der Waals surface area contributed by atoms with E-state index in [1.807, 2.05) is 30.0 Å². The molecule has 0 aliphatic carbocycles. The molecule has 0 atom stereocenters. The highest BCUT2D eigenvalue weighted by atomic mass is 16.4. The van der Waals surface area contributed by atoms with Crippen molar-refractivity contribution in [3.05, 3.63) is 17.7 Å². The van der Waals surface area contributed by atoms with Gasteiger partial charge in [-0.2, -0.15) is 0 Å². The van der Waals surface area contributed by atoms with Crippen LogP contribution in [0.2, 0.25) is 0 Å². The minimum Gasteiger partial charge on any atom is -0.475 e. The number of aromatic carboxylic acids is 1. The van der Waals surface area contributed by atoms with E-state index in [1.54, 1.807) is 6.20 Å². The first-order valence-corrected chi connectivity index (χ1v) is 4.43. The Hall–Kier alpha value is -1.32. The van der Waals surface area contributed by atoms with E-state index < -0.39 is 5.97 Å². The second kappa shape index (κ2) is 3.60. The molecule has 1 N–H and O–H groups in total. The lowest BCUT2D eigenvalue weighted by Crippen LogP contribution is -2.31. The van der Waals surface area contributed by atoms with Gasteiger partial charge in [0.1, 0.15) is 6.20 Å². The molecule has 1 heterocycles. The van der Waals surface area contributed by atoms with Gasteiger partial charge in [0.05, 0.1) is 13.6 Å². The number of rotatable bonds is 3. The molecule has 0 saturated heterocycles. The molecule has 0 radical (unpaired) electrons. The lowest BCUT2D eigenvalue weighted by atomic mass is 10.4. The zero-order valence-electron chi connectivity index (χ0n) is 8.24. The van der Waals surface area contributed by atoms with Crippen molar-refractivity contribution in [2.45, 2.75) is 26.8 Å². The predicted molar refractivity (Wildman–Crippen MR) is 47.6 cm³/mol. The van der Waals surface area contributed by atoms with E-state index in [4.69, 9.17) is 5.11 Å². The summed E-state index contributed by atoms with van der Waals surface area (Å²) in [6, 6.07) is 0. The minimum atomic E-state index is -0.864. The number of carboxylic acid groups (broad SMARTS) is 1. The summed E-state index contributed by atoms with van der Waals surface area (Å²) in [5.74, 6) is 0.178. The van der Waals surface area contributed by atoms with Crippen LogP contribution < -0.4 is 4.57 Å². The average molecular weight is 183 g/mol. The molecular formula is C9H15N2O2+.